The van der Waals surface area contributed by atoms with Crippen LogP contribution < -0.4 is 20.1 Å². The fraction of sp³-hybridized carbons (Fsp3) is 0.381. The van der Waals surface area contributed by atoms with Crippen molar-refractivity contribution in [2.45, 2.75) is 13.8 Å². The molecule has 0 saturated carbocycles. The first-order chi connectivity index (χ1) is 13.2. The number of aromatic hydroxyl groups is 1. The molecule has 2 aromatic carbocycles. The van der Waals surface area contributed by atoms with Crippen molar-refractivity contribution >= 4 is 21.7 Å². The van der Waals surface area contributed by atoms with Crippen molar-refractivity contribution in [1.82, 2.24) is 15.6 Å². The Balaban J connectivity index is 1.82. The largest absolute Gasteiger partial charge is 0.504 e. The third kappa shape index (κ3) is 4.78. The summed E-state index contributed by atoms with van der Waals surface area (Å²) in [7, 11) is 0. The molecule has 0 aliphatic carbocycles. The predicted octanol–water partition coefficient (Wildman–Crippen LogP) is 3.07. The first-order valence-electron chi connectivity index (χ1n) is 9.45. The lowest BCUT2D eigenvalue weighted by atomic mass is 10.1. The van der Waals surface area contributed by atoms with Crippen LogP contribution in [0.5, 0.6) is 17.2 Å². The number of nitrogens with one attached hydrogen (secondary N) is 2. The molecule has 144 valence electrons. The van der Waals surface area contributed by atoms with Gasteiger partial charge >= 0.3 is 0 Å². The molecule has 0 atom stereocenters. The number of phenolic OH excluding ortho intramolecular Hbond substituents is 1. The van der Waals surface area contributed by atoms with Crippen LogP contribution in [0.4, 0.5) is 0 Å². The zero-order valence-electron chi connectivity index (χ0n) is 15.9. The summed E-state index contributed by atoms with van der Waals surface area (Å²) >= 11 is 0. The smallest absolute Gasteiger partial charge is 0.161 e. The van der Waals surface area contributed by atoms with Crippen molar-refractivity contribution in [3.63, 3.8) is 0 Å². The van der Waals surface area contributed by atoms with Gasteiger partial charge in [-0.1, -0.05) is 13.8 Å². The maximum atomic E-state index is 10.3. The summed E-state index contributed by atoms with van der Waals surface area (Å²) in [4.78, 5) is 4.55. The van der Waals surface area contributed by atoms with E-state index < -0.39 is 0 Å². The molecule has 6 nitrogen and oxygen atoms in total. The van der Waals surface area contributed by atoms with E-state index in [1.807, 2.05) is 31.2 Å². The number of aromatic nitrogens is 1. The van der Waals surface area contributed by atoms with Crippen LogP contribution in [0.3, 0.4) is 0 Å². The Hall–Kier alpha value is -2.57. The van der Waals surface area contributed by atoms with E-state index in [0.717, 1.165) is 53.6 Å². The maximum Gasteiger partial charge on any atom is 0.161 e. The predicted molar refractivity (Wildman–Crippen MR) is 109 cm³/mol. The van der Waals surface area contributed by atoms with Gasteiger partial charge in [0.05, 0.1) is 5.52 Å². The van der Waals surface area contributed by atoms with Gasteiger partial charge < -0.3 is 25.2 Å². The lowest BCUT2D eigenvalue weighted by Gasteiger charge is -2.12. The molecule has 0 spiro atoms. The summed E-state index contributed by atoms with van der Waals surface area (Å²) in [6, 6.07) is 9.43. The fourth-order valence-electron chi connectivity index (χ4n) is 2.94. The third-order valence-corrected chi connectivity index (χ3v) is 4.32. The van der Waals surface area contributed by atoms with Crippen molar-refractivity contribution in [3.05, 3.63) is 36.5 Å². The Kier molecular flexibility index (Phi) is 6.68. The number of nitrogens with zero attached hydrogens (tertiary/aromatic N) is 1. The highest BCUT2D eigenvalue weighted by Gasteiger charge is 2.09. The minimum atomic E-state index is 0.137. The number of likely N-dealkylation sites (N-methyl/N-ethyl adjacent to an activating group) is 2. The van der Waals surface area contributed by atoms with Crippen LogP contribution in [0.15, 0.2) is 36.5 Å². The molecular formula is C21H27N3O3. The van der Waals surface area contributed by atoms with E-state index in [0.29, 0.717) is 19.0 Å². The second kappa shape index (κ2) is 9.39. The monoisotopic (exact) mass is 369 g/mol. The molecule has 0 saturated heterocycles. The van der Waals surface area contributed by atoms with Crippen molar-refractivity contribution in [2.75, 3.05) is 39.4 Å². The molecule has 0 radical (unpaired) electrons. The van der Waals surface area contributed by atoms with Crippen LogP contribution in [0.2, 0.25) is 0 Å². The maximum absolute atomic E-state index is 10.3. The number of phenols is 1. The Labute approximate surface area is 159 Å². The summed E-state index contributed by atoms with van der Waals surface area (Å²) in [6.45, 7) is 8.60. The van der Waals surface area contributed by atoms with Gasteiger partial charge in [-0.3, -0.25) is 4.98 Å². The summed E-state index contributed by atoms with van der Waals surface area (Å²) < 4.78 is 11.4. The third-order valence-electron chi connectivity index (χ3n) is 4.32. The molecule has 0 aliphatic rings. The SMILES string of the molecule is CCNCCOc1ccc2c(c1)ncc1cc(OCCNCC)c(O)cc12. The van der Waals surface area contributed by atoms with Crippen LogP contribution in [0.25, 0.3) is 21.7 Å². The van der Waals surface area contributed by atoms with Gasteiger partial charge in [-0.05, 0) is 42.7 Å². The van der Waals surface area contributed by atoms with Crippen molar-refractivity contribution in [1.29, 1.82) is 0 Å². The molecule has 1 aromatic heterocycles. The van der Waals surface area contributed by atoms with E-state index in [1.165, 1.54) is 0 Å². The lowest BCUT2D eigenvalue weighted by Crippen LogP contribution is -2.20. The number of hydrogen-bond acceptors (Lipinski definition) is 6. The van der Waals surface area contributed by atoms with Crippen LogP contribution in [-0.2, 0) is 0 Å². The Morgan fingerprint density at radius 2 is 1.67 bits per heavy atom. The molecule has 3 rings (SSSR count). The number of ether oxygens (including phenoxy) is 2. The average molecular weight is 369 g/mol. The highest BCUT2D eigenvalue weighted by Crippen LogP contribution is 2.35. The zero-order chi connectivity index (χ0) is 19.1. The second-order valence-corrected chi connectivity index (χ2v) is 6.25. The van der Waals surface area contributed by atoms with E-state index in [9.17, 15) is 5.11 Å². The molecule has 0 amide bonds. The summed E-state index contributed by atoms with van der Waals surface area (Å²) in [5.41, 5.74) is 0.837. The number of benzene rings is 2. The molecule has 1 heterocycles. The molecule has 3 aromatic rings. The standard InChI is InChI=1S/C21H27N3O3/c1-3-22-7-9-26-16-5-6-17-18-13-20(25)21(27-10-8-23-4-2)11-15(18)14-24-19(17)12-16/h5-6,11-14,22-23,25H,3-4,7-10H2,1-2H3. The summed E-state index contributed by atoms with van der Waals surface area (Å²) in [5.74, 6) is 1.40. The fourth-order valence-corrected chi connectivity index (χ4v) is 2.94. The van der Waals surface area contributed by atoms with Crippen molar-refractivity contribution in [2.24, 2.45) is 0 Å². The first kappa shape index (κ1) is 19.2. The highest BCUT2D eigenvalue weighted by molar-refractivity contribution is 6.06. The molecule has 0 aliphatic heterocycles. The molecule has 0 fully saturated rings. The van der Waals surface area contributed by atoms with Gasteiger partial charge in [0, 0.05) is 36.1 Å². The van der Waals surface area contributed by atoms with Gasteiger partial charge in [0.2, 0.25) is 0 Å². The summed E-state index contributed by atoms with van der Waals surface area (Å²) in [6.07, 6.45) is 1.80. The van der Waals surface area contributed by atoms with Gasteiger partial charge in [-0.2, -0.15) is 0 Å². The number of rotatable bonds is 10. The Morgan fingerprint density at radius 3 is 2.41 bits per heavy atom. The normalized spacial score (nSPS) is 11.2. The lowest BCUT2D eigenvalue weighted by molar-refractivity contribution is 0.299. The number of hydrogen-bond donors (Lipinski definition) is 3. The van der Waals surface area contributed by atoms with E-state index >= 15 is 0 Å². The Morgan fingerprint density at radius 1 is 0.926 bits per heavy atom. The minimum Gasteiger partial charge on any atom is -0.504 e. The molecule has 0 bridgehead atoms. The molecule has 3 N–H and O–H groups in total. The van der Waals surface area contributed by atoms with Crippen molar-refractivity contribution < 1.29 is 14.6 Å². The topological polar surface area (TPSA) is 75.6 Å². The van der Waals surface area contributed by atoms with Crippen LogP contribution in [-0.4, -0.2) is 49.5 Å². The molecule has 27 heavy (non-hydrogen) atoms. The van der Waals surface area contributed by atoms with Gasteiger partial charge in [0.1, 0.15) is 19.0 Å². The molecule has 6 heteroatoms. The minimum absolute atomic E-state index is 0.137. The average Bonchev–Trinajstić information content (AvgIpc) is 2.68. The second-order valence-electron chi connectivity index (χ2n) is 6.25. The molecular weight excluding hydrogens is 342 g/mol. The van der Waals surface area contributed by atoms with E-state index in [-0.39, 0.29) is 5.75 Å². The van der Waals surface area contributed by atoms with E-state index in [2.05, 4.69) is 22.5 Å². The highest BCUT2D eigenvalue weighted by atomic mass is 16.5. The Bertz CT molecular complexity index is 899. The summed E-state index contributed by atoms with van der Waals surface area (Å²) in [5, 5.41) is 19.6. The quantitative estimate of drug-likeness (QED) is 0.377. The zero-order valence-corrected chi connectivity index (χ0v) is 15.9. The van der Waals surface area contributed by atoms with E-state index in [1.54, 1.807) is 12.3 Å². The van der Waals surface area contributed by atoms with Gasteiger partial charge in [0.15, 0.2) is 11.5 Å². The molecule has 0 unspecified atom stereocenters. The van der Waals surface area contributed by atoms with Gasteiger partial charge in [-0.25, -0.2) is 0 Å². The number of pyridine rings is 1. The number of fused-ring (bicyclic) bond motifs is 3. The van der Waals surface area contributed by atoms with Gasteiger partial charge in [-0.15, -0.1) is 0 Å². The van der Waals surface area contributed by atoms with Crippen molar-refractivity contribution in [3.8, 4) is 17.2 Å². The van der Waals surface area contributed by atoms with Gasteiger partial charge in [0.25, 0.3) is 0 Å². The van der Waals surface area contributed by atoms with Crippen LogP contribution >= 0.6 is 0 Å². The van der Waals surface area contributed by atoms with Crippen LogP contribution in [0.1, 0.15) is 13.8 Å². The van der Waals surface area contributed by atoms with E-state index in [4.69, 9.17) is 9.47 Å². The van der Waals surface area contributed by atoms with Crippen LogP contribution in [0, 0.1) is 0 Å². The first-order valence-corrected chi connectivity index (χ1v) is 9.45.